The highest BCUT2D eigenvalue weighted by atomic mass is 35.5. The SMILES string of the molecule is Cc1ccc(CCC(=O)NCCCCCCO)cc1Cl. The van der Waals surface area contributed by atoms with Crippen molar-refractivity contribution in [1.29, 1.82) is 0 Å². The molecule has 3 nitrogen and oxygen atoms in total. The van der Waals surface area contributed by atoms with Crippen molar-refractivity contribution >= 4 is 17.5 Å². The van der Waals surface area contributed by atoms with Gasteiger partial charge >= 0.3 is 0 Å². The summed E-state index contributed by atoms with van der Waals surface area (Å²) in [6.45, 7) is 2.94. The van der Waals surface area contributed by atoms with Crippen LogP contribution in [0.25, 0.3) is 0 Å². The Balaban J connectivity index is 2.15. The molecule has 0 aromatic heterocycles. The van der Waals surface area contributed by atoms with Crippen molar-refractivity contribution in [2.45, 2.75) is 45.4 Å². The largest absolute Gasteiger partial charge is 0.396 e. The zero-order valence-corrected chi connectivity index (χ0v) is 12.9. The van der Waals surface area contributed by atoms with Gasteiger partial charge in [-0.1, -0.05) is 36.6 Å². The minimum absolute atomic E-state index is 0.0869. The van der Waals surface area contributed by atoms with Gasteiger partial charge in [0.15, 0.2) is 0 Å². The van der Waals surface area contributed by atoms with Crippen molar-refractivity contribution in [3.05, 3.63) is 34.3 Å². The number of hydrogen-bond donors (Lipinski definition) is 2. The van der Waals surface area contributed by atoms with E-state index < -0.39 is 0 Å². The fourth-order valence-electron chi connectivity index (χ4n) is 1.96. The number of benzene rings is 1. The van der Waals surface area contributed by atoms with Crippen LogP contribution in [0, 0.1) is 6.92 Å². The first-order valence-electron chi connectivity index (χ1n) is 7.26. The van der Waals surface area contributed by atoms with E-state index in [2.05, 4.69) is 5.32 Å². The van der Waals surface area contributed by atoms with Crippen LogP contribution in [0.5, 0.6) is 0 Å². The Hall–Kier alpha value is -1.06. The zero-order chi connectivity index (χ0) is 14.8. The molecule has 1 aromatic carbocycles. The molecule has 0 radical (unpaired) electrons. The summed E-state index contributed by atoms with van der Waals surface area (Å²) in [6.07, 6.45) is 5.11. The van der Waals surface area contributed by atoms with Crippen LogP contribution in [0.4, 0.5) is 0 Å². The first kappa shape index (κ1) is 17.0. The lowest BCUT2D eigenvalue weighted by atomic mass is 10.1. The summed E-state index contributed by atoms with van der Waals surface area (Å²) in [6, 6.07) is 5.93. The standard InChI is InChI=1S/C16H24ClNO2/c1-13-6-7-14(12-15(13)17)8-9-16(20)18-10-4-2-3-5-11-19/h6-7,12,19H,2-5,8-11H2,1H3,(H,18,20). The van der Waals surface area contributed by atoms with Crippen molar-refractivity contribution in [1.82, 2.24) is 5.32 Å². The van der Waals surface area contributed by atoms with Gasteiger partial charge in [-0.05, 0) is 43.4 Å². The maximum Gasteiger partial charge on any atom is 0.220 e. The number of nitrogens with one attached hydrogen (secondary N) is 1. The molecule has 0 atom stereocenters. The average molecular weight is 298 g/mol. The fourth-order valence-corrected chi connectivity index (χ4v) is 2.16. The van der Waals surface area contributed by atoms with Gasteiger partial charge in [-0.3, -0.25) is 4.79 Å². The summed E-state index contributed by atoms with van der Waals surface area (Å²) in [4.78, 5) is 11.7. The second-order valence-corrected chi connectivity index (χ2v) is 5.48. The number of aliphatic hydroxyl groups is 1. The number of aryl methyl sites for hydroxylation is 2. The molecule has 0 bridgehead atoms. The first-order chi connectivity index (χ1) is 9.63. The van der Waals surface area contributed by atoms with E-state index in [0.29, 0.717) is 6.42 Å². The molecule has 0 unspecified atom stereocenters. The van der Waals surface area contributed by atoms with Crippen LogP contribution in [-0.2, 0) is 11.2 Å². The molecular weight excluding hydrogens is 274 g/mol. The monoisotopic (exact) mass is 297 g/mol. The smallest absolute Gasteiger partial charge is 0.220 e. The Bertz CT molecular complexity index is 421. The second kappa shape index (κ2) is 9.78. The fraction of sp³-hybridized carbons (Fsp3) is 0.562. The molecule has 1 rings (SSSR count). The lowest BCUT2D eigenvalue weighted by Gasteiger charge is -2.06. The number of aliphatic hydroxyl groups excluding tert-OH is 1. The third-order valence-electron chi connectivity index (χ3n) is 3.28. The van der Waals surface area contributed by atoms with Gasteiger partial charge in [0, 0.05) is 24.6 Å². The molecule has 1 aromatic rings. The Labute approximate surface area is 126 Å². The van der Waals surface area contributed by atoms with E-state index in [-0.39, 0.29) is 12.5 Å². The van der Waals surface area contributed by atoms with E-state index >= 15 is 0 Å². The normalized spacial score (nSPS) is 10.6. The van der Waals surface area contributed by atoms with Gasteiger partial charge in [-0.2, -0.15) is 0 Å². The van der Waals surface area contributed by atoms with Crippen LogP contribution < -0.4 is 5.32 Å². The molecule has 20 heavy (non-hydrogen) atoms. The summed E-state index contributed by atoms with van der Waals surface area (Å²) in [5.74, 6) is 0.0869. The Morgan fingerprint density at radius 1 is 1.25 bits per heavy atom. The van der Waals surface area contributed by atoms with Gasteiger partial charge in [0.25, 0.3) is 0 Å². The number of halogens is 1. The molecule has 1 amide bonds. The minimum Gasteiger partial charge on any atom is -0.396 e. The summed E-state index contributed by atoms with van der Waals surface area (Å²) in [5, 5.41) is 12.3. The second-order valence-electron chi connectivity index (χ2n) is 5.07. The number of unbranched alkanes of at least 4 members (excludes halogenated alkanes) is 3. The molecule has 0 aliphatic heterocycles. The summed E-state index contributed by atoms with van der Waals surface area (Å²) in [7, 11) is 0. The number of rotatable bonds is 9. The van der Waals surface area contributed by atoms with Crippen LogP contribution in [0.3, 0.4) is 0 Å². The van der Waals surface area contributed by atoms with Crippen LogP contribution in [-0.4, -0.2) is 24.2 Å². The highest BCUT2D eigenvalue weighted by Crippen LogP contribution is 2.17. The summed E-state index contributed by atoms with van der Waals surface area (Å²) in [5.41, 5.74) is 2.15. The third kappa shape index (κ3) is 6.92. The molecule has 0 fully saturated rings. The molecule has 2 N–H and O–H groups in total. The lowest BCUT2D eigenvalue weighted by molar-refractivity contribution is -0.121. The highest BCUT2D eigenvalue weighted by Gasteiger charge is 2.03. The predicted octanol–water partition coefficient (Wildman–Crippen LogP) is 3.25. The van der Waals surface area contributed by atoms with E-state index in [4.69, 9.17) is 16.7 Å². The van der Waals surface area contributed by atoms with E-state index in [1.807, 2.05) is 25.1 Å². The van der Waals surface area contributed by atoms with Gasteiger partial charge in [0.1, 0.15) is 0 Å². The maximum absolute atomic E-state index is 11.7. The van der Waals surface area contributed by atoms with E-state index in [1.54, 1.807) is 0 Å². The van der Waals surface area contributed by atoms with Crippen molar-refractivity contribution in [3.63, 3.8) is 0 Å². The highest BCUT2D eigenvalue weighted by molar-refractivity contribution is 6.31. The Morgan fingerprint density at radius 2 is 2.00 bits per heavy atom. The van der Waals surface area contributed by atoms with E-state index in [9.17, 15) is 4.79 Å². The van der Waals surface area contributed by atoms with Crippen molar-refractivity contribution in [2.75, 3.05) is 13.2 Å². The molecular formula is C16H24ClNO2. The van der Waals surface area contributed by atoms with Crippen LogP contribution >= 0.6 is 11.6 Å². The number of carbonyl (C=O) groups excluding carboxylic acids is 1. The van der Waals surface area contributed by atoms with Gasteiger partial charge in [0.2, 0.25) is 5.91 Å². The molecule has 0 heterocycles. The van der Waals surface area contributed by atoms with Gasteiger partial charge in [-0.25, -0.2) is 0 Å². The topological polar surface area (TPSA) is 49.3 Å². The molecule has 0 aliphatic carbocycles. The van der Waals surface area contributed by atoms with Crippen molar-refractivity contribution in [2.24, 2.45) is 0 Å². The van der Waals surface area contributed by atoms with Crippen LogP contribution in [0.2, 0.25) is 5.02 Å². The van der Waals surface area contributed by atoms with Gasteiger partial charge < -0.3 is 10.4 Å². The number of hydrogen-bond acceptors (Lipinski definition) is 2. The van der Waals surface area contributed by atoms with Gasteiger partial charge in [0.05, 0.1) is 0 Å². The Kier molecular flexibility index (Phi) is 8.31. The molecule has 112 valence electrons. The third-order valence-corrected chi connectivity index (χ3v) is 3.69. The summed E-state index contributed by atoms with van der Waals surface area (Å²) >= 11 is 6.05. The first-order valence-corrected chi connectivity index (χ1v) is 7.64. The average Bonchev–Trinajstić information content (AvgIpc) is 2.44. The summed E-state index contributed by atoms with van der Waals surface area (Å²) < 4.78 is 0. The predicted molar refractivity (Wildman–Crippen MR) is 83.1 cm³/mol. The van der Waals surface area contributed by atoms with Gasteiger partial charge in [-0.15, -0.1) is 0 Å². The van der Waals surface area contributed by atoms with Crippen molar-refractivity contribution in [3.8, 4) is 0 Å². The molecule has 4 heteroatoms. The quantitative estimate of drug-likeness (QED) is 0.687. The molecule has 0 saturated carbocycles. The van der Waals surface area contributed by atoms with E-state index in [1.165, 1.54) is 0 Å². The Morgan fingerprint density at radius 3 is 2.70 bits per heavy atom. The number of amides is 1. The van der Waals surface area contributed by atoms with Crippen LogP contribution in [0.1, 0.15) is 43.2 Å². The lowest BCUT2D eigenvalue weighted by Crippen LogP contribution is -2.24. The molecule has 0 saturated heterocycles. The molecule has 0 spiro atoms. The van der Waals surface area contributed by atoms with Crippen LogP contribution in [0.15, 0.2) is 18.2 Å². The number of carbonyl (C=O) groups is 1. The minimum atomic E-state index is 0.0869. The zero-order valence-electron chi connectivity index (χ0n) is 12.1. The maximum atomic E-state index is 11.7. The van der Waals surface area contributed by atoms with E-state index in [0.717, 1.165) is 54.8 Å². The van der Waals surface area contributed by atoms with Crippen molar-refractivity contribution < 1.29 is 9.90 Å². The molecule has 0 aliphatic rings.